The van der Waals surface area contributed by atoms with Gasteiger partial charge in [-0.1, -0.05) is 38.7 Å². The van der Waals surface area contributed by atoms with Crippen molar-refractivity contribution in [2.24, 2.45) is 0 Å². The molecule has 0 spiro atoms. The number of allylic oxidation sites excluding steroid dienone is 4. The van der Waals surface area contributed by atoms with Crippen molar-refractivity contribution in [1.82, 2.24) is 0 Å². The van der Waals surface area contributed by atoms with Crippen molar-refractivity contribution in [3.05, 3.63) is 22.8 Å². The summed E-state index contributed by atoms with van der Waals surface area (Å²) in [5.74, 6) is 0. The summed E-state index contributed by atoms with van der Waals surface area (Å²) in [4.78, 5) is 0. The normalized spacial score (nSPS) is 9.18. The second-order valence-corrected chi connectivity index (χ2v) is 3.78. The molecule has 0 fully saturated rings. The number of alkyl halides is 1. The van der Waals surface area contributed by atoms with Gasteiger partial charge >= 0.3 is 0 Å². The molecule has 0 aromatic carbocycles. The highest BCUT2D eigenvalue weighted by Crippen LogP contribution is 2.12. The molecular formula is C10H17Br. The van der Waals surface area contributed by atoms with Gasteiger partial charge in [-0.25, -0.2) is 0 Å². The number of hydrogen-bond acceptors (Lipinski definition) is 0. The summed E-state index contributed by atoms with van der Waals surface area (Å²) < 4.78 is 0. The van der Waals surface area contributed by atoms with E-state index in [1.807, 2.05) is 0 Å². The van der Waals surface area contributed by atoms with E-state index in [-0.39, 0.29) is 0 Å². The van der Waals surface area contributed by atoms with Gasteiger partial charge < -0.3 is 0 Å². The summed E-state index contributed by atoms with van der Waals surface area (Å²) >= 11 is 3.48. The minimum atomic E-state index is 0.999. The van der Waals surface area contributed by atoms with Crippen LogP contribution in [0.4, 0.5) is 0 Å². The Balaban J connectivity index is 4.12. The Kier molecular flexibility index (Phi) is 5.57. The van der Waals surface area contributed by atoms with Crippen molar-refractivity contribution in [1.29, 1.82) is 0 Å². The van der Waals surface area contributed by atoms with Gasteiger partial charge in [0.1, 0.15) is 0 Å². The lowest BCUT2D eigenvalue weighted by Gasteiger charge is -2.02. The molecular weight excluding hydrogens is 200 g/mol. The Morgan fingerprint density at radius 2 is 1.73 bits per heavy atom. The predicted molar refractivity (Wildman–Crippen MR) is 56.2 cm³/mol. The summed E-state index contributed by atoms with van der Waals surface area (Å²) in [5, 5.41) is 0.999. The molecule has 1 heteroatoms. The standard InChI is InChI=1S/C10H17Br/c1-8(2)5-6-10(7-11)9(3)4/h5H,6-7H2,1-4H3. The van der Waals surface area contributed by atoms with Gasteiger partial charge in [0, 0.05) is 5.33 Å². The fraction of sp³-hybridized carbons (Fsp3) is 0.600. The van der Waals surface area contributed by atoms with Crippen molar-refractivity contribution in [3.63, 3.8) is 0 Å². The maximum Gasteiger partial charge on any atom is 0.0247 e. The molecule has 0 saturated heterocycles. The molecule has 0 aliphatic rings. The van der Waals surface area contributed by atoms with E-state index in [4.69, 9.17) is 0 Å². The maximum absolute atomic E-state index is 3.48. The molecule has 0 aromatic heterocycles. The van der Waals surface area contributed by atoms with Crippen LogP contribution in [-0.4, -0.2) is 5.33 Å². The topological polar surface area (TPSA) is 0 Å². The van der Waals surface area contributed by atoms with Crippen LogP contribution in [-0.2, 0) is 0 Å². The van der Waals surface area contributed by atoms with Crippen LogP contribution in [0.15, 0.2) is 22.8 Å². The summed E-state index contributed by atoms with van der Waals surface area (Å²) in [6.07, 6.45) is 3.36. The number of rotatable bonds is 3. The molecule has 0 atom stereocenters. The quantitative estimate of drug-likeness (QED) is 0.493. The van der Waals surface area contributed by atoms with E-state index < -0.39 is 0 Å². The Labute approximate surface area is 78.5 Å². The van der Waals surface area contributed by atoms with E-state index in [1.54, 1.807) is 0 Å². The predicted octanol–water partition coefficient (Wildman–Crippen LogP) is 4.07. The smallest absolute Gasteiger partial charge is 0.0247 e. The van der Waals surface area contributed by atoms with Crippen LogP contribution >= 0.6 is 15.9 Å². The molecule has 11 heavy (non-hydrogen) atoms. The molecule has 0 N–H and O–H groups in total. The zero-order valence-electron chi connectivity index (χ0n) is 7.87. The average molecular weight is 217 g/mol. The zero-order valence-corrected chi connectivity index (χ0v) is 9.46. The lowest BCUT2D eigenvalue weighted by molar-refractivity contribution is 1.13. The molecule has 64 valence electrons. The molecule has 0 saturated carbocycles. The molecule has 0 nitrogen and oxygen atoms in total. The van der Waals surface area contributed by atoms with E-state index in [9.17, 15) is 0 Å². The largest absolute Gasteiger partial charge is 0.0880 e. The van der Waals surface area contributed by atoms with Crippen molar-refractivity contribution in [3.8, 4) is 0 Å². The van der Waals surface area contributed by atoms with E-state index >= 15 is 0 Å². The highest BCUT2D eigenvalue weighted by atomic mass is 79.9. The Morgan fingerprint density at radius 1 is 1.18 bits per heavy atom. The number of hydrogen-bond donors (Lipinski definition) is 0. The fourth-order valence-corrected chi connectivity index (χ4v) is 1.51. The van der Waals surface area contributed by atoms with Gasteiger partial charge in [0.15, 0.2) is 0 Å². The summed E-state index contributed by atoms with van der Waals surface area (Å²) in [7, 11) is 0. The van der Waals surface area contributed by atoms with Crippen LogP contribution in [0.2, 0.25) is 0 Å². The van der Waals surface area contributed by atoms with Crippen LogP contribution in [0.5, 0.6) is 0 Å². The SMILES string of the molecule is CC(C)=CCC(CBr)=C(C)C. The average Bonchev–Trinajstić information content (AvgIpc) is 1.87. The van der Waals surface area contributed by atoms with E-state index in [2.05, 4.69) is 49.7 Å². The molecule has 0 aromatic rings. The van der Waals surface area contributed by atoms with Crippen LogP contribution in [0, 0.1) is 0 Å². The molecule has 0 unspecified atom stereocenters. The molecule has 0 amide bonds. The first-order valence-electron chi connectivity index (χ1n) is 3.92. The molecule has 0 aliphatic heterocycles. The fourth-order valence-electron chi connectivity index (χ4n) is 0.720. The summed E-state index contributed by atoms with van der Waals surface area (Å²) in [6, 6.07) is 0. The minimum absolute atomic E-state index is 0.999. The van der Waals surface area contributed by atoms with E-state index in [0.29, 0.717) is 0 Å². The molecule has 0 heterocycles. The molecule has 0 aliphatic carbocycles. The first kappa shape index (κ1) is 11.0. The summed E-state index contributed by atoms with van der Waals surface area (Å²) in [6.45, 7) is 8.60. The lowest BCUT2D eigenvalue weighted by Crippen LogP contribution is -1.86. The highest BCUT2D eigenvalue weighted by Gasteiger charge is 1.94. The van der Waals surface area contributed by atoms with Crippen LogP contribution in [0.3, 0.4) is 0 Å². The van der Waals surface area contributed by atoms with Gasteiger partial charge in [0.25, 0.3) is 0 Å². The van der Waals surface area contributed by atoms with Crippen molar-refractivity contribution in [2.45, 2.75) is 34.1 Å². The van der Waals surface area contributed by atoms with E-state index in [0.717, 1.165) is 11.8 Å². The van der Waals surface area contributed by atoms with Gasteiger partial charge in [-0.3, -0.25) is 0 Å². The monoisotopic (exact) mass is 216 g/mol. The zero-order chi connectivity index (χ0) is 8.85. The Bertz CT molecular complexity index is 167. The van der Waals surface area contributed by atoms with Crippen LogP contribution in [0.25, 0.3) is 0 Å². The van der Waals surface area contributed by atoms with Gasteiger partial charge in [-0.2, -0.15) is 0 Å². The van der Waals surface area contributed by atoms with Gasteiger partial charge in [0.05, 0.1) is 0 Å². The molecule has 0 rings (SSSR count). The lowest BCUT2D eigenvalue weighted by atomic mass is 10.1. The maximum atomic E-state index is 3.48. The second-order valence-electron chi connectivity index (χ2n) is 3.22. The summed E-state index contributed by atoms with van der Waals surface area (Å²) in [5.41, 5.74) is 4.32. The Morgan fingerprint density at radius 3 is 2.00 bits per heavy atom. The van der Waals surface area contributed by atoms with Crippen molar-refractivity contribution in [2.75, 3.05) is 5.33 Å². The highest BCUT2D eigenvalue weighted by molar-refractivity contribution is 9.09. The van der Waals surface area contributed by atoms with E-state index in [1.165, 1.54) is 16.7 Å². The Hall–Kier alpha value is -0.0400. The van der Waals surface area contributed by atoms with Gasteiger partial charge in [0.2, 0.25) is 0 Å². The van der Waals surface area contributed by atoms with Crippen LogP contribution in [0.1, 0.15) is 34.1 Å². The van der Waals surface area contributed by atoms with Crippen LogP contribution < -0.4 is 0 Å². The first-order chi connectivity index (χ1) is 5.07. The second kappa shape index (κ2) is 5.59. The first-order valence-corrected chi connectivity index (χ1v) is 5.04. The van der Waals surface area contributed by atoms with Crippen molar-refractivity contribution < 1.29 is 0 Å². The van der Waals surface area contributed by atoms with Crippen molar-refractivity contribution >= 4 is 15.9 Å². The third-order valence-electron chi connectivity index (χ3n) is 1.63. The third-order valence-corrected chi connectivity index (χ3v) is 2.30. The molecule has 0 bridgehead atoms. The minimum Gasteiger partial charge on any atom is -0.0880 e. The number of halogens is 1. The van der Waals surface area contributed by atoms with Gasteiger partial charge in [-0.05, 0) is 34.1 Å². The molecule has 0 radical (unpaired) electrons. The van der Waals surface area contributed by atoms with Gasteiger partial charge in [-0.15, -0.1) is 0 Å². The third kappa shape index (κ3) is 5.25.